The summed E-state index contributed by atoms with van der Waals surface area (Å²) >= 11 is 0. The van der Waals surface area contributed by atoms with Crippen LogP contribution in [-0.4, -0.2) is 25.8 Å². The number of nitrogens with zero attached hydrogens (tertiary/aromatic N) is 3. The Hall–Kier alpha value is -3.15. The van der Waals surface area contributed by atoms with E-state index in [4.69, 9.17) is 9.63 Å². The van der Waals surface area contributed by atoms with Gasteiger partial charge in [0.25, 0.3) is 0 Å². The van der Waals surface area contributed by atoms with Crippen LogP contribution in [0.1, 0.15) is 41.1 Å². The largest absolute Gasteiger partial charge is 0.561 e. The SMILES string of the molecule is O=C([OH2+])c1cccc(-c2noc(C3C=CC(n4cccc4)CC3)n2)c1. The second-order valence-corrected chi connectivity index (χ2v) is 6.13. The summed E-state index contributed by atoms with van der Waals surface area (Å²) in [5, 5.41) is 11.2. The first-order valence-corrected chi connectivity index (χ1v) is 8.21. The second kappa shape index (κ2) is 6.39. The normalized spacial score (nSPS) is 19.8. The molecular formula is C19H18N3O3+. The van der Waals surface area contributed by atoms with Gasteiger partial charge >= 0.3 is 5.97 Å². The van der Waals surface area contributed by atoms with Gasteiger partial charge in [-0.25, -0.2) is 0 Å². The number of aromatic nitrogens is 3. The van der Waals surface area contributed by atoms with Crippen molar-refractivity contribution in [1.29, 1.82) is 0 Å². The molecule has 1 aromatic carbocycles. The van der Waals surface area contributed by atoms with E-state index >= 15 is 0 Å². The molecule has 126 valence electrons. The summed E-state index contributed by atoms with van der Waals surface area (Å²) in [6.45, 7) is 0. The summed E-state index contributed by atoms with van der Waals surface area (Å²) in [7, 11) is 0. The fourth-order valence-electron chi connectivity index (χ4n) is 3.13. The maximum Gasteiger partial charge on any atom is 0.549 e. The number of benzene rings is 1. The predicted octanol–water partition coefficient (Wildman–Crippen LogP) is 3.08. The van der Waals surface area contributed by atoms with Gasteiger partial charge < -0.3 is 14.2 Å². The van der Waals surface area contributed by atoms with Gasteiger partial charge in [-0.05, 0) is 37.1 Å². The van der Waals surface area contributed by atoms with Crippen molar-refractivity contribution in [3.05, 3.63) is 72.4 Å². The van der Waals surface area contributed by atoms with Crippen LogP contribution in [0.5, 0.6) is 0 Å². The molecule has 2 heterocycles. The molecule has 0 aliphatic heterocycles. The van der Waals surface area contributed by atoms with Crippen molar-refractivity contribution < 1.29 is 14.4 Å². The predicted molar refractivity (Wildman–Crippen MR) is 92.3 cm³/mol. The zero-order valence-electron chi connectivity index (χ0n) is 13.5. The zero-order valence-corrected chi connectivity index (χ0v) is 13.5. The van der Waals surface area contributed by atoms with Gasteiger partial charge in [-0.2, -0.15) is 4.98 Å². The molecule has 0 saturated heterocycles. The lowest BCUT2D eigenvalue weighted by atomic mass is 9.92. The molecule has 1 aliphatic carbocycles. The summed E-state index contributed by atoms with van der Waals surface area (Å²) in [4.78, 5) is 15.7. The fourth-order valence-corrected chi connectivity index (χ4v) is 3.13. The first-order valence-electron chi connectivity index (χ1n) is 8.21. The Kier molecular flexibility index (Phi) is 3.93. The minimum atomic E-state index is -0.725. The highest BCUT2D eigenvalue weighted by Crippen LogP contribution is 2.32. The van der Waals surface area contributed by atoms with Crippen LogP contribution in [0.3, 0.4) is 0 Å². The van der Waals surface area contributed by atoms with Gasteiger partial charge in [0.05, 0.1) is 12.0 Å². The molecule has 0 saturated carbocycles. The molecule has 25 heavy (non-hydrogen) atoms. The average Bonchev–Trinajstić information content (AvgIpc) is 3.34. The molecule has 0 amide bonds. The standard InChI is InChI=1S/C19H17N3O3/c23-19(24)15-5-3-4-14(12-15)17-20-18(25-21-17)13-6-8-16(9-7-13)22-10-1-2-11-22/h1-6,8,10-13,16H,7,9H2,(H,23,24)/p+1. The summed E-state index contributed by atoms with van der Waals surface area (Å²) in [5.74, 6) is 0.407. The van der Waals surface area contributed by atoms with Crippen LogP contribution in [0, 0.1) is 0 Å². The van der Waals surface area contributed by atoms with Gasteiger partial charge in [0.2, 0.25) is 11.7 Å². The van der Waals surface area contributed by atoms with Gasteiger partial charge in [0.15, 0.2) is 0 Å². The van der Waals surface area contributed by atoms with E-state index in [9.17, 15) is 4.79 Å². The van der Waals surface area contributed by atoms with Crippen molar-refractivity contribution in [3.8, 4) is 11.4 Å². The van der Waals surface area contributed by atoms with Crippen molar-refractivity contribution in [1.82, 2.24) is 14.7 Å². The van der Waals surface area contributed by atoms with E-state index in [1.807, 2.05) is 12.1 Å². The van der Waals surface area contributed by atoms with E-state index in [2.05, 4.69) is 39.3 Å². The molecule has 4 rings (SSSR count). The first-order chi connectivity index (χ1) is 12.2. The average molecular weight is 336 g/mol. The van der Waals surface area contributed by atoms with Gasteiger partial charge in [-0.1, -0.05) is 29.4 Å². The molecular weight excluding hydrogens is 318 g/mol. The lowest BCUT2D eigenvalue weighted by Crippen LogP contribution is -2.11. The van der Waals surface area contributed by atoms with Gasteiger partial charge in [0, 0.05) is 22.8 Å². The third-order valence-electron chi connectivity index (χ3n) is 4.49. The maximum atomic E-state index is 11.2. The highest BCUT2D eigenvalue weighted by Gasteiger charge is 2.23. The molecule has 0 fully saturated rings. The third-order valence-corrected chi connectivity index (χ3v) is 4.49. The van der Waals surface area contributed by atoms with Crippen LogP contribution >= 0.6 is 0 Å². The smallest absolute Gasteiger partial charge is 0.549 e. The summed E-state index contributed by atoms with van der Waals surface area (Å²) in [6, 6.07) is 11.2. The molecule has 6 nitrogen and oxygen atoms in total. The summed E-state index contributed by atoms with van der Waals surface area (Å²) in [5.41, 5.74) is 0.995. The van der Waals surface area contributed by atoms with Crippen molar-refractivity contribution in [2.24, 2.45) is 0 Å². The van der Waals surface area contributed by atoms with Crippen LogP contribution in [0.25, 0.3) is 11.4 Å². The van der Waals surface area contributed by atoms with Gasteiger partial charge in [-0.15, -0.1) is 0 Å². The van der Waals surface area contributed by atoms with E-state index < -0.39 is 5.97 Å². The number of rotatable bonds is 4. The number of carbonyl (C=O) groups excluding carboxylic acids is 1. The highest BCUT2D eigenvalue weighted by atomic mass is 16.5. The quantitative estimate of drug-likeness (QED) is 0.541. The van der Waals surface area contributed by atoms with Crippen molar-refractivity contribution in [2.45, 2.75) is 24.8 Å². The van der Waals surface area contributed by atoms with Crippen LogP contribution in [0.15, 0.2) is 65.5 Å². The Balaban J connectivity index is 1.53. The number of allylic oxidation sites excluding steroid dienone is 2. The van der Waals surface area contributed by atoms with Crippen LogP contribution in [-0.2, 0) is 0 Å². The highest BCUT2D eigenvalue weighted by molar-refractivity contribution is 5.89. The first kappa shape index (κ1) is 15.4. The lowest BCUT2D eigenvalue weighted by molar-refractivity contribution is 0.0697. The molecule has 0 spiro atoms. The Morgan fingerprint density at radius 3 is 2.72 bits per heavy atom. The minimum absolute atomic E-state index is 0.106. The second-order valence-electron chi connectivity index (χ2n) is 6.13. The van der Waals surface area contributed by atoms with Crippen LogP contribution in [0.4, 0.5) is 0 Å². The van der Waals surface area contributed by atoms with E-state index in [0.29, 0.717) is 28.9 Å². The Morgan fingerprint density at radius 1 is 1.16 bits per heavy atom. The lowest BCUT2D eigenvalue weighted by Gasteiger charge is -2.22. The van der Waals surface area contributed by atoms with Crippen molar-refractivity contribution >= 4 is 5.97 Å². The van der Waals surface area contributed by atoms with Crippen molar-refractivity contribution in [2.75, 3.05) is 0 Å². The topological polar surface area (TPSA) is 83.8 Å². The molecule has 6 heteroatoms. The number of carbonyl (C=O) groups is 1. The molecule has 3 aromatic rings. The molecule has 0 radical (unpaired) electrons. The van der Waals surface area contributed by atoms with E-state index in [1.54, 1.807) is 24.3 Å². The zero-order chi connectivity index (χ0) is 17.2. The van der Waals surface area contributed by atoms with Crippen LogP contribution in [0.2, 0.25) is 0 Å². The molecule has 2 unspecified atom stereocenters. The maximum absolute atomic E-state index is 11.2. The monoisotopic (exact) mass is 336 g/mol. The van der Waals surface area contributed by atoms with Gasteiger partial charge in [-0.3, -0.25) is 0 Å². The summed E-state index contributed by atoms with van der Waals surface area (Å²) < 4.78 is 7.62. The third kappa shape index (κ3) is 3.10. The number of hydrogen-bond acceptors (Lipinski definition) is 4. The Bertz CT molecular complexity index is 912. The molecule has 2 atom stereocenters. The minimum Gasteiger partial charge on any atom is -0.561 e. The van der Waals surface area contributed by atoms with Crippen molar-refractivity contribution in [3.63, 3.8) is 0 Å². The van der Waals surface area contributed by atoms with Gasteiger partial charge in [0.1, 0.15) is 5.56 Å². The van der Waals surface area contributed by atoms with E-state index in [-0.39, 0.29) is 5.92 Å². The molecule has 2 aromatic heterocycles. The Labute approximate surface area is 144 Å². The van der Waals surface area contributed by atoms with E-state index in [0.717, 1.165) is 12.8 Å². The molecule has 1 aliphatic rings. The molecule has 2 N–H and O–H groups in total. The molecule has 0 bridgehead atoms. The Morgan fingerprint density at radius 2 is 2.00 bits per heavy atom. The fraction of sp³-hybridized carbons (Fsp3) is 0.211. The van der Waals surface area contributed by atoms with Crippen LogP contribution < -0.4 is 0 Å². The summed E-state index contributed by atoms with van der Waals surface area (Å²) in [6.07, 6.45) is 10.4. The van der Waals surface area contributed by atoms with E-state index in [1.165, 1.54) is 0 Å². The number of hydrogen-bond donors (Lipinski definition) is 0.